The Balaban J connectivity index is 2.98. The van der Waals surface area contributed by atoms with E-state index in [1.54, 1.807) is 6.07 Å². The predicted molar refractivity (Wildman–Crippen MR) is 60.0 cm³/mol. The molecule has 0 aliphatic rings. The molecule has 1 aromatic rings. The van der Waals surface area contributed by atoms with Gasteiger partial charge < -0.3 is 9.47 Å². The number of hydrogen-bond donors (Lipinski definition) is 0. The Bertz CT molecular complexity index is 540. The molecule has 0 aliphatic heterocycles. The first kappa shape index (κ1) is 14.4. The second-order valence-electron chi connectivity index (χ2n) is 3.24. The standard InChI is InChI=1S/C11H9FN2O5/c1-2-18-11(15)10(12)19-9-4-3-7(6-13)5-8(9)14(16)17/h3-5,10H,2H2,1H3. The Morgan fingerprint density at radius 2 is 2.32 bits per heavy atom. The van der Waals surface area contributed by atoms with Crippen LogP contribution in [0.3, 0.4) is 0 Å². The number of esters is 1. The topological polar surface area (TPSA) is 102 Å². The Morgan fingerprint density at radius 3 is 2.84 bits per heavy atom. The van der Waals surface area contributed by atoms with Crippen molar-refractivity contribution in [3.05, 3.63) is 33.9 Å². The van der Waals surface area contributed by atoms with Crippen molar-refractivity contribution in [3.8, 4) is 11.8 Å². The highest BCUT2D eigenvalue weighted by atomic mass is 19.1. The molecule has 0 saturated carbocycles. The molecular weight excluding hydrogens is 259 g/mol. The van der Waals surface area contributed by atoms with Crippen LogP contribution in [0.4, 0.5) is 10.1 Å². The molecule has 100 valence electrons. The summed E-state index contributed by atoms with van der Waals surface area (Å²) in [5, 5.41) is 19.4. The van der Waals surface area contributed by atoms with Crippen molar-refractivity contribution in [2.75, 3.05) is 6.61 Å². The van der Waals surface area contributed by atoms with Crippen LogP contribution in [0.1, 0.15) is 12.5 Å². The summed E-state index contributed by atoms with van der Waals surface area (Å²) in [5.74, 6) is -1.73. The number of ether oxygens (including phenoxy) is 2. The molecule has 19 heavy (non-hydrogen) atoms. The third kappa shape index (κ3) is 3.64. The van der Waals surface area contributed by atoms with Gasteiger partial charge in [0, 0.05) is 6.07 Å². The van der Waals surface area contributed by atoms with Gasteiger partial charge >= 0.3 is 18.0 Å². The fourth-order valence-electron chi connectivity index (χ4n) is 1.20. The fourth-order valence-corrected chi connectivity index (χ4v) is 1.20. The molecule has 1 atom stereocenters. The quantitative estimate of drug-likeness (QED) is 0.457. The van der Waals surface area contributed by atoms with Gasteiger partial charge in [0.25, 0.3) is 0 Å². The normalized spacial score (nSPS) is 11.2. The molecule has 1 aromatic carbocycles. The second kappa shape index (κ2) is 6.30. The van der Waals surface area contributed by atoms with Crippen LogP contribution in [0.2, 0.25) is 0 Å². The lowest BCUT2D eigenvalue weighted by atomic mass is 10.2. The van der Waals surface area contributed by atoms with E-state index in [2.05, 4.69) is 9.47 Å². The fraction of sp³-hybridized carbons (Fsp3) is 0.273. The van der Waals surface area contributed by atoms with Gasteiger partial charge in [-0.3, -0.25) is 10.1 Å². The maximum absolute atomic E-state index is 13.3. The van der Waals surface area contributed by atoms with E-state index in [4.69, 9.17) is 5.26 Å². The van der Waals surface area contributed by atoms with E-state index >= 15 is 0 Å². The molecular formula is C11H9FN2O5. The number of hydrogen-bond acceptors (Lipinski definition) is 6. The van der Waals surface area contributed by atoms with Gasteiger partial charge in [0.15, 0.2) is 0 Å². The van der Waals surface area contributed by atoms with Gasteiger partial charge in [-0.15, -0.1) is 0 Å². The minimum Gasteiger partial charge on any atom is -0.461 e. The average molecular weight is 268 g/mol. The zero-order chi connectivity index (χ0) is 14.4. The maximum atomic E-state index is 13.3. The molecule has 0 spiro atoms. The first-order chi connectivity index (χ1) is 8.99. The molecule has 0 aliphatic carbocycles. The molecule has 0 N–H and O–H groups in total. The van der Waals surface area contributed by atoms with Crippen molar-refractivity contribution in [2.45, 2.75) is 13.3 Å². The van der Waals surface area contributed by atoms with Crippen molar-refractivity contribution in [1.29, 1.82) is 5.26 Å². The Morgan fingerprint density at radius 1 is 1.63 bits per heavy atom. The summed E-state index contributed by atoms with van der Waals surface area (Å²) in [4.78, 5) is 20.9. The molecule has 8 heteroatoms. The molecule has 0 fully saturated rings. The summed E-state index contributed by atoms with van der Waals surface area (Å²) >= 11 is 0. The molecule has 0 amide bonds. The van der Waals surface area contributed by atoms with Crippen molar-refractivity contribution in [2.24, 2.45) is 0 Å². The number of nitriles is 1. The van der Waals surface area contributed by atoms with E-state index in [0.717, 1.165) is 12.1 Å². The van der Waals surface area contributed by atoms with Crippen LogP contribution in [0, 0.1) is 21.4 Å². The van der Waals surface area contributed by atoms with E-state index in [-0.39, 0.29) is 12.2 Å². The van der Waals surface area contributed by atoms with Gasteiger partial charge in [-0.25, -0.2) is 4.79 Å². The number of rotatable bonds is 5. The zero-order valence-corrected chi connectivity index (χ0v) is 9.83. The van der Waals surface area contributed by atoms with Gasteiger partial charge in [-0.2, -0.15) is 9.65 Å². The van der Waals surface area contributed by atoms with E-state index in [0.29, 0.717) is 0 Å². The van der Waals surface area contributed by atoms with Gasteiger partial charge in [0.2, 0.25) is 5.75 Å². The van der Waals surface area contributed by atoms with E-state index < -0.39 is 28.7 Å². The summed E-state index contributed by atoms with van der Waals surface area (Å²) in [6, 6.07) is 4.88. The molecule has 0 aromatic heterocycles. The summed E-state index contributed by atoms with van der Waals surface area (Å²) in [7, 11) is 0. The Hall–Kier alpha value is -2.69. The molecule has 0 saturated heterocycles. The molecule has 7 nitrogen and oxygen atoms in total. The third-order valence-corrected chi connectivity index (χ3v) is 1.99. The average Bonchev–Trinajstić information content (AvgIpc) is 2.39. The van der Waals surface area contributed by atoms with Crippen molar-refractivity contribution < 1.29 is 23.6 Å². The van der Waals surface area contributed by atoms with Crippen LogP contribution in [0.5, 0.6) is 5.75 Å². The van der Waals surface area contributed by atoms with Crippen LogP contribution in [-0.2, 0) is 9.53 Å². The highest BCUT2D eigenvalue weighted by Crippen LogP contribution is 2.29. The Kier molecular flexibility index (Phi) is 4.76. The smallest absolute Gasteiger partial charge is 0.381 e. The minimum atomic E-state index is -2.47. The van der Waals surface area contributed by atoms with E-state index in [9.17, 15) is 19.3 Å². The van der Waals surface area contributed by atoms with Crippen molar-refractivity contribution in [3.63, 3.8) is 0 Å². The van der Waals surface area contributed by atoms with Crippen molar-refractivity contribution >= 4 is 11.7 Å². The van der Waals surface area contributed by atoms with Gasteiger partial charge in [0.05, 0.1) is 23.2 Å². The highest BCUT2D eigenvalue weighted by Gasteiger charge is 2.25. The Labute approximate surface area is 107 Å². The van der Waals surface area contributed by atoms with Crippen LogP contribution in [0.15, 0.2) is 18.2 Å². The number of nitro benzene ring substituents is 1. The lowest BCUT2D eigenvalue weighted by molar-refractivity contribution is -0.386. The number of halogens is 1. The van der Waals surface area contributed by atoms with Gasteiger partial charge in [0.1, 0.15) is 0 Å². The number of nitrogens with zero attached hydrogens (tertiary/aromatic N) is 2. The number of carbonyl (C=O) groups excluding carboxylic acids is 1. The minimum absolute atomic E-state index is 0.0191. The van der Waals surface area contributed by atoms with Crippen molar-refractivity contribution in [1.82, 2.24) is 0 Å². The predicted octanol–water partition coefficient (Wildman–Crippen LogP) is 1.70. The lowest BCUT2D eigenvalue weighted by Crippen LogP contribution is -2.25. The van der Waals surface area contributed by atoms with Crippen LogP contribution >= 0.6 is 0 Å². The summed E-state index contributed by atoms with van der Waals surface area (Å²) in [6.45, 7) is 1.44. The summed E-state index contributed by atoms with van der Waals surface area (Å²) in [6.07, 6.45) is -2.47. The molecule has 1 unspecified atom stereocenters. The summed E-state index contributed by atoms with van der Waals surface area (Å²) < 4.78 is 22.2. The van der Waals surface area contributed by atoms with Crippen LogP contribution < -0.4 is 4.74 Å². The number of nitro groups is 1. The van der Waals surface area contributed by atoms with E-state index in [1.165, 1.54) is 13.0 Å². The first-order valence-corrected chi connectivity index (χ1v) is 5.15. The monoisotopic (exact) mass is 268 g/mol. The number of carbonyl (C=O) groups is 1. The largest absolute Gasteiger partial charge is 0.461 e. The van der Waals surface area contributed by atoms with E-state index in [1.807, 2.05) is 0 Å². The highest BCUT2D eigenvalue weighted by molar-refractivity contribution is 5.73. The molecule has 1 rings (SSSR count). The van der Waals surface area contributed by atoms with Crippen LogP contribution in [0.25, 0.3) is 0 Å². The summed E-state index contributed by atoms with van der Waals surface area (Å²) in [5.41, 5.74) is -0.586. The van der Waals surface area contributed by atoms with Gasteiger partial charge in [-0.1, -0.05) is 0 Å². The number of alkyl halides is 1. The lowest BCUT2D eigenvalue weighted by Gasteiger charge is -2.10. The third-order valence-electron chi connectivity index (χ3n) is 1.99. The zero-order valence-electron chi connectivity index (χ0n) is 9.83. The van der Waals surface area contributed by atoms with Gasteiger partial charge in [-0.05, 0) is 19.1 Å². The van der Waals surface area contributed by atoms with Crippen LogP contribution in [-0.4, -0.2) is 23.9 Å². The number of benzene rings is 1. The molecule has 0 radical (unpaired) electrons. The maximum Gasteiger partial charge on any atom is 0.381 e. The second-order valence-corrected chi connectivity index (χ2v) is 3.24. The molecule has 0 bridgehead atoms. The SMILES string of the molecule is CCOC(=O)C(F)Oc1ccc(C#N)cc1[N+](=O)[O-]. The first-order valence-electron chi connectivity index (χ1n) is 5.15. The molecule has 0 heterocycles.